The molecule has 0 aliphatic heterocycles. The van der Waals surface area contributed by atoms with Crippen molar-refractivity contribution in [3.63, 3.8) is 0 Å². The van der Waals surface area contributed by atoms with Crippen LogP contribution in [0, 0.1) is 23.1 Å². The van der Waals surface area contributed by atoms with Gasteiger partial charge in [0.05, 0.1) is 11.6 Å². The van der Waals surface area contributed by atoms with E-state index >= 15 is 0 Å². The van der Waals surface area contributed by atoms with Crippen molar-refractivity contribution in [2.45, 2.75) is 44.9 Å². The maximum atomic E-state index is 13.4. The van der Waals surface area contributed by atoms with Crippen molar-refractivity contribution in [2.24, 2.45) is 5.92 Å². The van der Waals surface area contributed by atoms with E-state index in [0.29, 0.717) is 11.5 Å². The summed E-state index contributed by atoms with van der Waals surface area (Å²) < 4.78 is 13.4. The van der Waals surface area contributed by atoms with Crippen molar-refractivity contribution in [3.8, 4) is 6.07 Å². The molecule has 90 valence electrons. The summed E-state index contributed by atoms with van der Waals surface area (Å²) in [5, 5.41) is 8.85. The lowest BCUT2D eigenvalue weighted by molar-refractivity contribution is 0.318. The molecular weight excluding hydrogens is 213 g/mol. The normalized spacial score (nSPS) is 24.3. The van der Waals surface area contributed by atoms with Gasteiger partial charge >= 0.3 is 0 Å². The van der Waals surface area contributed by atoms with Crippen LogP contribution >= 0.6 is 0 Å². The quantitative estimate of drug-likeness (QED) is 0.741. The molecule has 2 heteroatoms. The molecule has 0 aromatic heterocycles. The minimum atomic E-state index is -0.281. The second-order valence-corrected chi connectivity index (χ2v) is 5.01. The van der Waals surface area contributed by atoms with E-state index < -0.39 is 0 Å². The number of benzene rings is 1. The lowest BCUT2D eigenvalue weighted by atomic mass is 9.77. The molecule has 1 nitrogen and oxygen atoms in total. The largest absolute Gasteiger partial charge is 0.207 e. The third kappa shape index (κ3) is 2.85. The molecule has 1 saturated carbocycles. The Kier molecular flexibility index (Phi) is 3.78. The molecule has 1 aliphatic carbocycles. The van der Waals surface area contributed by atoms with Crippen molar-refractivity contribution in [1.82, 2.24) is 0 Å². The van der Waals surface area contributed by atoms with Crippen LogP contribution in [0.1, 0.15) is 56.1 Å². The molecule has 0 saturated heterocycles. The van der Waals surface area contributed by atoms with Gasteiger partial charge < -0.3 is 0 Å². The number of hydrogen-bond donors (Lipinski definition) is 0. The van der Waals surface area contributed by atoms with Crippen molar-refractivity contribution >= 4 is 0 Å². The van der Waals surface area contributed by atoms with E-state index in [1.807, 2.05) is 12.1 Å². The van der Waals surface area contributed by atoms with E-state index in [4.69, 9.17) is 5.26 Å². The Balaban J connectivity index is 2.13. The van der Waals surface area contributed by atoms with Crippen LogP contribution in [0.5, 0.6) is 0 Å². The maximum absolute atomic E-state index is 13.4. The second kappa shape index (κ2) is 5.31. The number of rotatable bonds is 2. The number of hydrogen-bond acceptors (Lipinski definition) is 1. The third-order valence-corrected chi connectivity index (χ3v) is 3.94. The summed E-state index contributed by atoms with van der Waals surface area (Å²) in [6, 6.07) is 6.78. The minimum absolute atomic E-state index is 0.281. The zero-order valence-corrected chi connectivity index (χ0v) is 10.2. The average Bonchev–Trinajstić information content (AvgIpc) is 2.38. The molecular formula is C15H18FN. The van der Waals surface area contributed by atoms with Crippen LogP contribution in [0.25, 0.3) is 0 Å². The summed E-state index contributed by atoms with van der Waals surface area (Å²) in [6.07, 6.45) is 5.98. The summed E-state index contributed by atoms with van der Waals surface area (Å²) in [4.78, 5) is 0. The van der Waals surface area contributed by atoms with E-state index in [1.165, 1.54) is 25.3 Å². The standard InChI is InChI=1S/C15H18FN/c1-2-11-3-5-13(6-4-11)14-7-12(10-17)8-15(16)9-14/h7-9,11,13H,2-6H2,1H3. The Morgan fingerprint density at radius 1 is 1.24 bits per heavy atom. The predicted octanol–water partition coefficient (Wildman–Crippen LogP) is 4.38. The smallest absolute Gasteiger partial charge is 0.124 e. The first kappa shape index (κ1) is 12.1. The predicted molar refractivity (Wildman–Crippen MR) is 66.1 cm³/mol. The first-order valence-electron chi connectivity index (χ1n) is 6.43. The van der Waals surface area contributed by atoms with Crippen molar-refractivity contribution in [1.29, 1.82) is 5.26 Å². The van der Waals surface area contributed by atoms with Crippen molar-refractivity contribution < 1.29 is 4.39 Å². The highest BCUT2D eigenvalue weighted by molar-refractivity contribution is 5.35. The van der Waals surface area contributed by atoms with Crippen LogP contribution in [0.3, 0.4) is 0 Å². The fraction of sp³-hybridized carbons (Fsp3) is 0.533. The number of nitriles is 1. The molecule has 17 heavy (non-hydrogen) atoms. The van der Waals surface area contributed by atoms with Gasteiger partial charge in [-0.25, -0.2) is 4.39 Å². The molecule has 2 rings (SSSR count). The van der Waals surface area contributed by atoms with Gasteiger partial charge in [-0.2, -0.15) is 5.26 Å². The van der Waals surface area contributed by atoms with Gasteiger partial charge in [-0.05, 0) is 61.3 Å². The fourth-order valence-corrected chi connectivity index (χ4v) is 2.82. The fourth-order valence-electron chi connectivity index (χ4n) is 2.82. The maximum Gasteiger partial charge on any atom is 0.124 e. The Bertz CT molecular complexity index is 425. The van der Waals surface area contributed by atoms with Crippen LogP contribution in [0.4, 0.5) is 4.39 Å². The van der Waals surface area contributed by atoms with Gasteiger partial charge in [0, 0.05) is 0 Å². The highest BCUT2D eigenvalue weighted by atomic mass is 19.1. The van der Waals surface area contributed by atoms with Gasteiger partial charge in [0.2, 0.25) is 0 Å². The topological polar surface area (TPSA) is 23.8 Å². The molecule has 0 N–H and O–H groups in total. The van der Waals surface area contributed by atoms with Gasteiger partial charge in [-0.15, -0.1) is 0 Å². The molecule has 1 aromatic carbocycles. The highest BCUT2D eigenvalue weighted by Crippen LogP contribution is 2.37. The molecule has 0 radical (unpaired) electrons. The van der Waals surface area contributed by atoms with E-state index in [1.54, 1.807) is 6.07 Å². The molecule has 0 bridgehead atoms. The first-order chi connectivity index (χ1) is 8.22. The summed E-state index contributed by atoms with van der Waals surface area (Å²) >= 11 is 0. The Morgan fingerprint density at radius 3 is 2.53 bits per heavy atom. The van der Waals surface area contributed by atoms with E-state index in [-0.39, 0.29) is 5.82 Å². The Labute approximate surface area is 102 Å². The Hall–Kier alpha value is -1.36. The molecule has 0 spiro atoms. The molecule has 0 amide bonds. The van der Waals surface area contributed by atoms with Gasteiger partial charge in [0.1, 0.15) is 5.82 Å². The average molecular weight is 231 g/mol. The number of halogens is 1. The van der Waals surface area contributed by atoms with E-state index in [0.717, 1.165) is 24.3 Å². The molecule has 0 atom stereocenters. The zero-order valence-electron chi connectivity index (χ0n) is 10.2. The summed E-state index contributed by atoms with van der Waals surface area (Å²) in [5.74, 6) is 1.01. The van der Waals surface area contributed by atoms with Crippen LogP contribution in [-0.2, 0) is 0 Å². The zero-order chi connectivity index (χ0) is 12.3. The lowest BCUT2D eigenvalue weighted by Gasteiger charge is -2.28. The van der Waals surface area contributed by atoms with Gasteiger partial charge in [0.15, 0.2) is 0 Å². The molecule has 1 fully saturated rings. The monoisotopic (exact) mass is 231 g/mol. The van der Waals surface area contributed by atoms with Gasteiger partial charge in [-0.3, -0.25) is 0 Å². The van der Waals surface area contributed by atoms with Crippen molar-refractivity contribution in [2.75, 3.05) is 0 Å². The minimum Gasteiger partial charge on any atom is -0.207 e. The van der Waals surface area contributed by atoms with Crippen LogP contribution in [0.15, 0.2) is 18.2 Å². The van der Waals surface area contributed by atoms with Crippen molar-refractivity contribution in [3.05, 3.63) is 35.1 Å². The van der Waals surface area contributed by atoms with Crippen LogP contribution < -0.4 is 0 Å². The summed E-state index contributed by atoms with van der Waals surface area (Å²) in [5.41, 5.74) is 1.45. The molecule has 0 unspecified atom stereocenters. The summed E-state index contributed by atoms with van der Waals surface area (Å²) in [7, 11) is 0. The van der Waals surface area contributed by atoms with Gasteiger partial charge in [-0.1, -0.05) is 13.3 Å². The highest BCUT2D eigenvalue weighted by Gasteiger charge is 2.21. The van der Waals surface area contributed by atoms with E-state index in [2.05, 4.69) is 6.92 Å². The number of nitrogens with zero attached hydrogens (tertiary/aromatic N) is 1. The molecule has 1 aromatic rings. The first-order valence-corrected chi connectivity index (χ1v) is 6.43. The summed E-state index contributed by atoms with van der Waals surface area (Å²) in [6.45, 7) is 2.24. The van der Waals surface area contributed by atoms with Gasteiger partial charge in [0.25, 0.3) is 0 Å². The third-order valence-electron chi connectivity index (χ3n) is 3.94. The lowest BCUT2D eigenvalue weighted by Crippen LogP contribution is -2.12. The Morgan fingerprint density at radius 2 is 1.94 bits per heavy atom. The van der Waals surface area contributed by atoms with E-state index in [9.17, 15) is 4.39 Å². The SMILES string of the molecule is CCC1CCC(c2cc(F)cc(C#N)c2)CC1. The van der Waals surface area contributed by atoms with Crippen LogP contribution in [-0.4, -0.2) is 0 Å². The second-order valence-electron chi connectivity index (χ2n) is 5.01. The molecule has 1 aliphatic rings. The molecule has 0 heterocycles. The van der Waals surface area contributed by atoms with Crippen LogP contribution in [0.2, 0.25) is 0 Å².